The highest BCUT2D eigenvalue weighted by atomic mass is 16.5. The molecule has 0 saturated carbocycles. The number of hydrogen-bond acceptors (Lipinski definition) is 4. The molecular formula is C17H24N4O2. The molecule has 1 heterocycles. The topological polar surface area (TPSA) is 59.4 Å². The number of likely N-dealkylation sites (N-methyl/N-ethyl adjacent to an activating group) is 1. The zero-order valence-corrected chi connectivity index (χ0v) is 14.2. The molecular weight excluding hydrogens is 292 g/mol. The number of nitrogens with zero attached hydrogens (tertiary/aromatic N) is 3. The van der Waals surface area contributed by atoms with E-state index in [2.05, 4.69) is 21.4 Å². The fourth-order valence-corrected chi connectivity index (χ4v) is 2.22. The Morgan fingerprint density at radius 3 is 2.61 bits per heavy atom. The highest BCUT2D eigenvalue weighted by Gasteiger charge is 2.06. The van der Waals surface area contributed by atoms with Crippen molar-refractivity contribution in [3.63, 3.8) is 0 Å². The molecule has 2 rings (SSSR count). The Morgan fingerprint density at radius 1 is 1.26 bits per heavy atom. The largest absolute Gasteiger partial charge is 0.484 e. The number of ether oxygens (including phenoxy) is 1. The van der Waals surface area contributed by atoms with Gasteiger partial charge >= 0.3 is 0 Å². The lowest BCUT2D eigenvalue weighted by molar-refractivity contribution is -0.118. The number of aryl methyl sites for hydroxylation is 2. The van der Waals surface area contributed by atoms with Crippen LogP contribution in [0.15, 0.2) is 30.6 Å². The predicted octanol–water partition coefficient (Wildman–Crippen LogP) is 2.08. The van der Waals surface area contributed by atoms with Gasteiger partial charge in [-0.1, -0.05) is 6.07 Å². The fourth-order valence-electron chi connectivity index (χ4n) is 2.22. The molecule has 0 unspecified atom stereocenters. The summed E-state index contributed by atoms with van der Waals surface area (Å²) in [5, 5.41) is 7.01. The molecule has 0 radical (unpaired) electrons. The van der Waals surface area contributed by atoms with E-state index in [-0.39, 0.29) is 12.5 Å². The number of carbonyl (C=O) groups is 1. The molecule has 0 aliphatic rings. The molecule has 6 heteroatoms. The normalized spacial score (nSPS) is 10.8. The number of hydrogen-bond donors (Lipinski definition) is 1. The second kappa shape index (κ2) is 7.78. The van der Waals surface area contributed by atoms with Crippen LogP contribution in [0.3, 0.4) is 0 Å². The number of rotatable bonds is 7. The Labute approximate surface area is 137 Å². The van der Waals surface area contributed by atoms with Crippen LogP contribution >= 0.6 is 0 Å². The summed E-state index contributed by atoms with van der Waals surface area (Å²) in [6, 6.07) is 5.90. The molecule has 1 N–H and O–H groups in total. The SMILES string of the molecule is Cc1cc(C)cc(OCC(=O)Nc2cnn(CCN(C)C)c2)c1. The summed E-state index contributed by atoms with van der Waals surface area (Å²) in [6.07, 6.45) is 3.46. The second-order valence-electron chi connectivity index (χ2n) is 5.96. The van der Waals surface area contributed by atoms with Crippen LogP contribution in [0.25, 0.3) is 0 Å². The third-order valence-corrected chi connectivity index (χ3v) is 3.26. The number of amides is 1. The Bertz CT molecular complexity index is 644. The van der Waals surface area contributed by atoms with E-state index in [0.717, 1.165) is 24.2 Å². The Hall–Kier alpha value is -2.34. The van der Waals surface area contributed by atoms with Crippen LogP contribution in [0.5, 0.6) is 5.75 Å². The molecule has 0 fully saturated rings. The molecule has 0 aliphatic heterocycles. The van der Waals surface area contributed by atoms with Gasteiger partial charge in [-0.25, -0.2) is 0 Å². The third kappa shape index (κ3) is 5.75. The van der Waals surface area contributed by atoms with E-state index in [1.165, 1.54) is 0 Å². The van der Waals surface area contributed by atoms with Crippen molar-refractivity contribution in [2.75, 3.05) is 32.6 Å². The highest BCUT2D eigenvalue weighted by Crippen LogP contribution is 2.16. The third-order valence-electron chi connectivity index (χ3n) is 3.26. The molecule has 2 aromatic rings. The van der Waals surface area contributed by atoms with E-state index in [4.69, 9.17) is 4.74 Å². The summed E-state index contributed by atoms with van der Waals surface area (Å²) in [4.78, 5) is 14.0. The van der Waals surface area contributed by atoms with E-state index in [0.29, 0.717) is 11.4 Å². The molecule has 1 aromatic carbocycles. The van der Waals surface area contributed by atoms with Gasteiger partial charge in [0.15, 0.2) is 6.61 Å². The lowest BCUT2D eigenvalue weighted by Crippen LogP contribution is -2.20. The van der Waals surface area contributed by atoms with Crippen LogP contribution < -0.4 is 10.1 Å². The second-order valence-corrected chi connectivity index (χ2v) is 5.96. The standard InChI is InChI=1S/C17H24N4O2/c1-13-7-14(2)9-16(8-13)23-12-17(22)19-15-10-18-21(11-15)6-5-20(3)4/h7-11H,5-6,12H2,1-4H3,(H,19,22). The van der Waals surface area contributed by atoms with Crippen molar-refractivity contribution >= 4 is 11.6 Å². The van der Waals surface area contributed by atoms with Crippen molar-refractivity contribution in [3.8, 4) is 5.75 Å². The van der Waals surface area contributed by atoms with Gasteiger partial charge in [-0.05, 0) is 51.2 Å². The van der Waals surface area contributed by atoms with E-state index >= 15 is 0 Å². The first-order chi connectivity index (χ1) is 10.9. The molecule has 6 nitrogen and oxygen atoms in total. The summed E-state index contributed by atoms with van der Waals surface area (Å²) in [7, 11) is 4.02. The van der Waals surface area contributed by atoms with Gasteiger partial charge in [-0.15, -0.1) is 0 Å². The quantitative estimate of drug-likeness (QED) is 0.849. The Kier molecular flexibility index (Phi) is 5.76. The first-order valence-corrected chi connectivity index (χ1v) is 7.60. The predicted molar refractivity (Wildman–Crippen MR) is 90.8 cm³/mol. The van der Waals surface area contributed by atoms with E-state index in [1.807, 2.05) is 46.3 Å². The van der Waals surface area contributed by atoms with Gasteiger partial charge in [0.05, 0.1) is 18.4 Å². The van der Waals surface area contributed by atoms with Gasteiger partial charge in [-0.3, -0.25) is 9.48 Å². The molecule has 0 spiro atoms. The lowest BCUT2D eigenvalue weighted by atomic mass is 10.1. The van der Waals surface area contributed by atoms with Crippen LogP contribution in [0.2, 0.25) is 0 Å². The minimum absolute atomic E-state index is 0.0221. The first kappa shape index (κ1) is 17.0. The van der Waals surface area contributed by atoms with Crippen molar-refractivity contribution in [2.24, 2.45) is 0 Å². The van der Waals surface area contributed by atoms with Gasteiger partial charge in [0.1, 0.15) is 5.75 Å². The molecule has 1 amide bonds. The van der Waals surface area contributed by atoms with E-state index < -0.39 is 0 Å². The number of carbonyl (C=O) groups excluding carboxylic acids is 1. The summed E-state index contributed by atoms with van der Waals surface area (Å²) >= 11 is 0. The zero-order valence-electron chi connectivity index (χ0n) is 14.2. The van der Waals surface area contributed by atoms with Crippen molar-refractivity contribution in [1.82, 2.24) is 14.7 Å². The number of nitrogens with one attached hydrogen (secondary N) is 1. The zero-order chi connectivity index (χ0) is 16.8. The summed E-state index contributed by atoms with van der Waals surface area (Å²) in [5.74, 6) is 0.510. The monoisotopic (exact) mass is 316 g/mol. The molecule has 23 heavy (non-hydrogen) atoms. The van der Waals surface area contributed by atoms with Gasteiger partial charge in [-0.2, -0.15) is 5.10 Å². The Morgan fingerprint density at radius 2 is 1.96 bits per heavy atom. The van der Waals surface area contributed by atoms with Crippen LogP contribution in [-0.2, 0) is 11.3 Å². The lowest BCUT2D eigenvalue weighted by Gasteiger charge is -2.09. The minimum atomic E-state index is -0.198. The van der Waals surface area contributed by atoms with Crippen molar-refractivity contribution in [1.29, 1.82) is 0 Å². The smallest absolute Gasteiger partial charge is 0.262 e. The maximum Gasteiger partial charge on any atom is 0.262 e. The maximum absolute atomic E-state index is 11.9. The van der Waals surface area contributed by atoms with Crippen molar-refractivity contribution in [2.45, 2.75) is 20.4 Å². The number of anilines is 1. The average Bonchev–Trinajstić information content (AvgIpc) is 2.89. The van der Waals surface area contributed by atoms with Gasteiger partial charge in [0, 0.05) is 12.7 Å². The molecule has 0 aliphatic carbocycles. The minimum Gasteiger partial charge on any atom is -0.484 e. The van der Waals surface area contributed by atoms with Crippen LogP contribution in [0.4, 0.5) is 5.69 Å². The van der Waals surface area contributed by atoms with Crippen LogP contribution in [0.1, 0.15) is 11.1 Å². The molecule has 0 bridgehead atoms. The van der Waals surface area contributed by atoms with E-state index in [1.54, 1.807) is 10.9 Å². The van der Waals surface area contributed by atoms with E-state index in [9.17, 15) is 4.79 Å². The summed E-state index contributed by atoms with van der Waals surface area (Å²) in [5.41, 5.74) is 2.91. The highest BCUT2D eigenvalue weighted by molar-refractivity contribution is 5.91. The maximum atomic E-state index is 11.9. The van der Waals surface area contributed by atoms with Crippen molar-refractivity contribution in [3.05, 3.63) is 41.7 Å². The average molecular weight is 316 g/mol. The van der Waals surface area contributed by atoms with Gasteiger partial charge in [0.2, 0.25) is 0 Å². The first-order valence-electron chi connectivity index (χ1n) is 7.60. The number of aromatic nitrogens is 2. The van der Waals surface area contributed by atoms with Gasteiger partial charge in [0.25, 0.3) is 5.91 Å². The molecule has 124 valence electrons. The number of benzene rings is 1. The van der Waals surface area contributed by atoms with Crippen LogP contribution in [-0.4, -0.2) is 47.8 Å². The molecule has 0 saturated heterocycles. The van der Waals surface area contributed by atoms with Crippen molar-refractivity contribution < 1.29 is 9.53 Å². The summed E-state index contributed by atoms with van der Waals surface area (Å²) < 4.78 is 7.35. The van der Waals surface area contributed by atoms with Crippen LogP contribution in [0, 0.1) is 13.8 Å². The van der Waals surface area contributed by atoms with Gasteiger partial charge < -0.3 is 15.0 Å². The molecule has 1 aromatic heterocycles. The fraction of sp³-hybridized carbons (Fsp3) is 0.412. The Balaban J connectivity index is 1.82. The molecule has 0 atom stereocenters. The summed E-state index contributed by atoms with van der Waals surface area (Å²) in [6.45, 7) is 5.66.